The van der Waals surface area contributed by atoms with Crippen molar-refractivity contribution in [3.05, 3.63) is 0 Å². The Morgan fingerprint density at radius 1 is 1.50 bits per heavy atom. The summed E-state index contributed by atoms with van der Waals surface area (Å²) >= 11 is 0. The molecule has 0 radical (unpaired) electrons. The third-order valence-electron chi connectivity index (χ3n) is 2.89. The van der Waals surface area contributed by atoms with Crippen LogP contribution in [0.3, 0.4) is 0 Å². The average molecular weight is 280 g/mol. The predicted molar refractivity (Wildman–Crippen MR) is 69.5 cm³/mol. The van der Waals surface area contributed by atoms with Gasteiger partial charge in [0.15, 0.2) is 0 Å². The van der Waals surface area contributed by atoms with E-state index >= 15 is 0 Å². The summed E-state index contributed by atoms with van der Waals surface area (Å²) < 4.78 is 33.1. The predicted octanol–water partition coefficient (Wildman–Crippen LogP) is 0.0447. The Morgan fingerprint density at radius 2 is 2.11 bits per heavy atom. The molecule has 0 aromatic rings. The minimum absolute atomic E-state index is 0.00906. The monoisotopic (exact) mass is 280 g/mol. The molecule has 1 heterocycles. The van der Waals surface area contributed by atoms with Gasteiger partial charge in [0.2, 0.25) is 0 Å². The normalized spacial score (nSPS) is 25.6. The van der Waals surface area contributed by atoms with Gasteiger partial charge in [-0.1, -0.05) is 0 Å². The molecule has 0 aliphatic carbocycles. The van der Waals surface area contributed by atoms with Gasteiger partial charge in [-0.25, -0.2) is 0 Å². The number of hydrogen-bond donors (Lipinski definition) is 1. The fourth-order valence-corrected chi connectivity index (χ4v) is 3.80. The number of rotatable bonds is 5. The van der Waals surface area contributed by atoms with E-state index in [2.05, 4.69) is 0 Å². The number of hydrogen-bond acceptors (Lipinski definition) is 4. The molecule has 1 atom stereocenters. The zero-order chi connectivity index (χ0) is 14.0. The van der Waals surface area contributed by atoms with Gasteiger partial charge in [-0.15, -0.1) is 0 Å². The van der Waals surface area contributed by atoms with Crippen molar-refractivity contribution in [3.8, 4) is 0 Å². The number of ether oxygens (including phenoxy) is 1. The zero-order valence-corrected chi connectivity index (χ0v) is 12.4. The second-order valence-corrected chi connectivity index (χ2v) is 7.42. The summed E-state index contributed by atoms with van der Waals surface area (Å²) in [6, 6.07) is 0. The van der Waals surface area contributed by atoms with Gasteiger partial charge in [-0.3, -0.25) is 0 Å². The van der Waals surface area contributed by atoms with E-state index in [1.807, 2.05) is 20.8 Å². The molecule has 1 fully saturated rings. The molecule has 0 spiro atoms. The minimum atomic E-state index is -3.46. The van der Waals surface area contributed by atoms with Gasteiger partial charge >= 0.3 is 0 Å². The Hall–Kier alpha value is -0.210. The summed E-state index contributed by atoms with van der Waals surface area (Å²) in [6.07, 6.45) is 0.328. The van der Waals surface area contributed by atoms with E-state index in [0.717, 1.165) is 0 Å². The molecule has 7 heteroatoms. The Bertz CT molecular complexity index is 369. The molecule has 6 nitrogen and oxygen atoms in total. The lowest BCUT2D eigenvalue weighted by atomic mass is 10.1. The SMILES string of the molecule is CC1CN(S(=O)(=O)N(C)CCCO)CC(C)(C)O1. The van der Waals surface area contributed by atoms with E-state index in [1.165, 1.54) is 15.7 Å². The summed E-state index contributed by atoms with van der Waals surface area (Å²) in [5, 5.41) is 8.76. The summed E-state index contributed by atoms with van der Waals surface area (Å²) in [6.45, 7) is 6.68. The molecule has 1 aliphatic heterocycles. The van der Waals surface area contributed by atoms with Crippen LogP contribution in [0.25, 0.3) is 0 Å². The van der Waals surface area contributed by atoms with E-state index in [4.69, 9.17) is 9.84 Å². The molecule has 0 aromatic carbocycles. The van der Waals surface area contributed by atoms with Crippen molar-refractivity contribution in [3.63, 3.8) is 0 Å². The maximum atomic E-state index is 12.3. The third kappa shape index (κ3) is 3.89. The fraction of sp³-hybridized carbons (Fsp3) is 1.00. The van der Waals surface area contributed by atoms with Crippen molar-refractivity contribution >= 4 is 10.2 Å². The van der Waals surface area contributed by atoms with Crippen LogP contribution >= 0.6 is 0 Å². The van der Waals surface area contributed by atoms with Crippen molar-refractivity contribution in [1.29, 1.82) is 0 Å². The van der Waals surface area contributed by atoms with Gasteiger partial charge in [-0.2, -0.15) is 17.0 Å². The van der Waals surface area contributed by atoms with Crippen LogP contribution in [0.2, 0.25) is 0 Å². The molecule has 1 unspecified atom stereocenters. The number of aliphatic hydroxyl groups is 1. The molecule has 0 saturated carbocycles. The standard InChI is InChI=1S/C11H24N2O4S/c1-10-8-13(9-11(2,3)17-10)18(15,16)12(4)6-5-7-14/h10,14H,5-9H2,1-4H3. The molecule has 1 saturated heterocycles. The minimum Gasteiger partial charge on any atom is -0.396 e. The quantitative estimate of drug-likeness (QED) is 0.772. The molecule has 1 N–H and O–H groups in total. The van der Waals surface area contributed by atoms with Gasteiger partial charge < -0.3 is 9.84 Å². The van der Waals surface area contributed by atoms with Gasteiger partial charge in [0.1, 0.15) is 0 Å². The Morgan fingerprint density at radius 3 is 2.61 bits per heavy atom. The average Bonchev–Trinajstić information content (AvgIpc) is 2.22. The van der Waals surface area contributed by atoms with Crippen molar-refractivity contribution in [1.82, 2.24) is 8.61 Å². The van der Waals surface area contributed by atoms with Crippen molar-refractivity contribution in [2.24, 2.45) is 0 Å². The van der Waals surface area contributed by atoms with Crippen LogP contribution in [0, 0.1) is 0 Å². The number of nitrogens with zero attached hydrogens (tertiary/aromatic N) is 2. The van der Waals surface area contributed by atoms with Crippen LogP contribution < -0.4 is 0 Å². The van der Waals surface area contributed by atoms with Crippen LogP contribution in [0.5, 0.6) is 0 Å². The molecule has 0 bridgehead atoms. The summed E-state index contributed by atoms with van der Waals surface area (Å²) in [5.41, 5.74) is -0.470. The molecule has 0 aromatic heterocycles. The van der Waals surface area contributed by atoms with E-state index < -0.39 is 15.8 Å². The topological polar surface area (TPSA) is 70.1 Å². The van der Waals surface area contributed by atoms with E-state index in [-0.39, 0.29) is 12.7 Å². The first-order valence-electron chi connectivity index (χ1n) is 6.19. The van der Waals surface area contributed by atoms with Crippen molar-refractivity contribution in [2.45, 2.75) is 38.9 Å². The highest BCUT2D eigenvalue weighted by atomic mass is 32.2. The fourth-order valence-electron chi connectivity index (χ4n) is 2.18. The maximum Gasteiger partial charge on any atom is 0.281 e. The number of aliphatic hydroxyl groups excluding tert-OH is 1. The Labute approximate surface area is 110 Å². The maximum absolute atomic E-state index is 12.3. The lowest BCUT2D eigenvalue weighted by molar-refractivity contribution is -0.110. The molecule has 18 heavy (non-hydrogen) atoms. The molecular weight excluding hydrogens is 256 g/mol. The highest BCUT2D eigenvalue weighted by Gasteiger charge is 2.38. The third-order valence-corrected chi connectivity index (χ3v) is 4.79. The van der Waals surface area contributed by atoms with Crippen LogP contribution in [-0.2, 0) is 14.9 Å². The first-order chi connectivity index (χ1) is 8.19. The molecule has 0 amide bonds. The van der Waals surface area contributed by atoms with Crippen molar-refractivity contribution < 1.29 is 18.3 Å². The molecule has 1 rings (SSSR count). The largest absolute Gasteiger partial charge is 0.396 e. The second kappa shape index (κ2) is 5.83. The second-order valence-electron chi connectivity index (χ2n) is 5.39. The highest BCUT2D eigenvalue weighted by Crippen LogP contribution is 2.23. The van der Waals surface area contributed by atoms with E-state index in [1.54, 1.807) is 0 Å². The first-order valence-corrected chi connectivity index (χ1v) is 7.59. The summed E-state index contributed by atoms with van der Waals surface area (Å²) in [4.78, 5) is 0. The van der Waals surface area contributed by atoms with Crippen LogP contribution in [-0.4, -0.2) is 67.1 Å². The Kier molecular flexibility index (Phi) is 5.13. The number of morpholine rings is 1. The van der Waals surface area contributed by atoms with Crippen LogP contribution in [0.4, 0.5) is 0 Å². The van der Waals surface area contributed by atoms with E-state index in [0.29, 0.717) is 26.1 Å². The zero-order valence-electron chi connectivity index (χ0n) is 11.6. The van der Waals surface area contributed by atoms with Gasteiger partial charge in [-0.05, 0) is 27.2 Å². The lowest BCUT2D eigenvalue weighted by Gasteiger charge is -2.42. The smallest absolute Gasteiger partial charge is 0.281 e. The van der Waals surface area contributed by atoms with E-state index in [9.17, 15) is 8.42 Å². The first kappa shape index (κ1) is 15.8. The molecule has 1 aliphatic rings. The van der Waals surface area contributed by atoms with Crippen LogP contribution in [0.1, 0.15) is 27.2 Å². The van der Waals surface area contributed by atoms with Gasteiger partial charge in [0, 0.05) is 33.3 Å². The Balaban J connectivity index is 2.78. The van der Waals surface area contributed by atoms with Crippen LogP contribution in [0.15, 0.2) is 0 Å². The lowest BCUT2D eigenvalue weighted by Crippen LogP contribution is -2.56. The molecular formula is C11H24N2O4S. The van der Waals surface area contributed by atoms with Gasteiger partial charge in [0.25, 0.3) is 10.2 Å². The highest BCUT2D eigenvalue weighted by molar-refractivity contribution is 7.86. The van der Waals surface area contributed by atoms with Crippen molar-refractivity contribution in [2.75, 3.05) is 33.3 Å². The molecule has 108 valence electrons. The summed E-state index contributed by atoms with van der Waals surface area (Å²) in [5.74, 6) is 0. The summed E-state index contributed by atoms with van der Waals surface area (Å²) in [7, 11) is -1.92. The van der Waals surface area contributed by atoms with Gasteiger partial charge in [0.05, 0.1) is 11.7 Å².